The predicted octanol–water partition coefficient (Wildman–Crippen LogP) is 1.03. The van der Waals surface area contributed by atoms with E-state index < -0.39 is 6.04 Å². The minimum atomic E-state index is -0.565. The quantitative estimate of drug-likeness (QED) is 0.621. The van der Waals surface area contributed by atoms with Crippen LogP contribution in [0.3, 0.4) is 0 Å². The summed E-state index contributed by atoms with van der Waals surface area (Å²) in [5.74, 6) is 0.478. The maximum atomic E-state index is 12.2. The van der Waals surface area contributed by atoms with E-state index in [9.17, 15) is 9.59 Å². The molecule has 112 valence electrons. The Morgan fingerprint density at radius 2 is 2.00 bits per heavy atom. The molecule has 2 N–H and O–H groups in total. The van der Waals surface area contributed by atoms with Gasteiger partial charge in [-0.25, -0.2) is 4.79 Å². The van der Waals surface area contributed by atoms with Crippen LogP contribution in [0.15, 0.2) is 0 Å². The number of thioether (sulfide) groups is 1. The van der Waals surface area contributed by atoms with Crippen LogP contribution in [0, 0.1) is 5.92 Å². The average Bonchev–Trinajstić information content (AvgIpc) is 2.42. The molecule has 0 heterocycles. The Balaban J connectivity index is 4.63. The third kappa shape index (κ3) is 6.29. The maximum absolute atomic E-state index is 12.2. The molecular weight excluding hydrogens is 264 g/mol. The zero-order valence-corrected chi connectivity index (χ0v) is 13.3. The van der Waals surface area contributed by atoms with Crippen molar-refractivity contribution < 1.29 is 14.3 Å². The van der Waals surface area contributed by atoms with Crippen molar-refractivity contribution in [1.82, 2.24) is 10.6 Å². The molecule has 0 fully saturated rings. The molecule has 19 heavy (non-hydrogen) atoms. The van der Waals surface area contributed by atoms with E-state index in [0.29, 0.717) is 6.42 Å². The molecule has 0 aliphatic heterocycles. The monoisotopic (exact) mass is 290 g/mol. The molecule has 0 aliphatic carbocycles. The zero-order valence-electron chi connectivity index (χ0n) is 12.5. The molecule has 0 unspecified atom stereocenters. The topological polar surface area (TPSA) is 67.4 Å². The van der Waals surface area contributed by atoms with Crippen LogP contribution in [0.4, 0.5) is 0 Å². The van der Waals surface area contributed by atoms with Crippen molar-refractivity contribution in [3.05, 3.63) is 0 Å². The fraction of sp³-hybridized carbons (Fsp3) is 0.846. The third-order valence-corrected chi connectivity index (χ3v) is 3.86. The van der Waals surface area contributed by atoms with Crippen molar-refractivity contribution in [3.63, 3.8) is 0 Å². The van der Waals surface area contributed by atoms with E-state index in [1.54, 1.807) is 18.8 Å². The molecule has 3 atom stereocenters. The van der Waals surface area contributed by atoms with Gasteiger partial charge in [0.25, 0.3) is 0 Å². The first kappa shape index (κ1) is 18.2. The molecule has 0 bridgehead atoms. The molecule has 0 aromatic carbocycles. The van der Waals surface area contributed by atoms with Gasteiger partial charge in [-0.05, 0) is 31.4 Å². The molecule has 0 radical (unpaired) electrons. The lowest BCUT2D eigenvalue weighted by molar-refractivity contribution is -0.145. The highest BCUT2D eigenvalue weighted by molar-refractivity contribution is 7.98. The lowest BCUT2D eigenvalue weighted by Crippen LogP contribution is -2.52. The van der Waals surface area contributed by atoms with E-state index in [0.717, 1.165) is 12.2 Å². The van der Waals surface area contributed by atoms with Gasteiger partial charge in [0.1, 0.15) is 6.04 Å². The number of carbonyl (C=O) groups excluding carboxylic acids is 2. The molecule has 0 saturated heterocycles. The Bertz CT molecular complexity index is 287. The van der Waals surface area contributed by atoms with Gasteiger partial charge in [-0.1, -0.05) is 20.3 Å². The van der Waals surface area contributed by atoms with Gasteiger partial charge in [-0.15, -0.1) is 0 Å². The number of esters is 1. The summed E-state index contributed by atoms with van der Waals surface area (Å²) in [4.78, 5) is 23.8. The van der Waals surface area contributed by atoms with Gasteiger partial charge in [0.2, 0.25) is 5.91 Å². The Kier molecular flexibility index (Phi) is 9.69. The summed E-state index contributed by atoms with van der Waals surface area (Å²) in [5, 5.41) is 5.78. The number of rotatable bonds is 9. The third-order valence-electron chi connectivity index (χ3n) is 3.22. The molecule has 1 amide bonds. The second-order valence-corrected chi connectivity index (χ2v) is 5.50. The van der Waals surface area contributed by atoms with Crippen LogP contribution in [0.2, 0.25) is 0 Å². The first-order chi connectivity index (χ1) is 9.01. The predicted molar refractivity (Wildman–Crippen MR) is 79.2 cm³/mol. The highest BCUT2D eigenvalue weighted by Gasteiger charge is 2.27. The summed E-state index contributed by atoms with van der Waals surface area (Å²) in [5.41, 5.74) is 0. The maximum Gasteiger partial charge on any atom is 0.328 e. The van der Waals surface area contributed by atoms with Gasteiger partial charge >= 0.3 is 5.97 Å². The minimum Gasteiger partial charge on any atom is -0.467 e. The lowest BCUT2D eigenvalue weighted by Gasteiger charge is -2.24. The van der Waals surface area contributed by atoms with Gasteiger partial charge < -0.3 is 15.4 Å². The summed E-state index contributed by atoms with van der Waals surface area (Å²) in [6, 6.07) is -0.851. The van der Waals surface area contributed by atoms with E-state index in [-0.39, 0.29) is 23.8 Å². The van der Waals surface area contributed by atoms with Gasteiger partial charge in [-0.2, -0.15) is 11.8 Å². The van der Waals surface area contributed by atoms with Gasteiger partial charge in [0, 0.05) is 0 Å². The van der Waals surface area contributed by atoms with Crippen LogP contribution >= 0.6 is 11.8 Å². The number of nitrogens with one attached hydrogen (secondary N) is 2. The van der Waals surface area contributed by atoms with Crippen LogP contribution in [0.5, 0.6) is 0 Å². The largest absolute Gasteiger partial charge is 0.467 e. The molecule has 0 rings (SSSR count). The number of carbonyl (C=O) groups is 2. The molecule has 6 heteroatoms. The van der Waals surface area contributed by atoms with E-state index in [1.807, 2.05) is 20.1 Å². The van der Waals surface area contributed by atoms with Crippen LogP contribution in [-0.4, -0.2) is 50.1 Å². The fourth-order valence-electron chi connectivity index (χ4n) is 1.80. The summed E-state index contributed by atoms with van der Waals surface area (Å²) >= 11 is 1.64. The van der Waals surface area contributed by atoms with Crippen LogP contribution in [-0.2, 0) is 14.3 Å². The van der Waals surface area contributed by atoms with Crippen molar-refractivity contribution in [1.29, 1.82) is 0 Å². The molecular formula is C13H26N2O3S. The Morgan fingerprint density at radius 1 is 1.37 bits per heavy atom. The molecule has 0 aliphatic rings. The van der Waals surface area contributed by atoms with Crippen molar-refractivity contribution in [2.45, 2.75) is 38.8 Å². The summed E-state index contributed by atoms with van der Waals surface area (Å²) < 4.78 is 4.73. The number of hydrogen-bond donors (Lipinski definition) is 2. The first-order valence-electron chi connectivity index (χ1n) is 6.56. The van der Waals surface area contributed by atoms with Gasteiger partial charge in [0.15, 0.2) is 0 Å². The molecule has 5 nitrogen and oxygen atoms in total. The van der Waals surface area contributed by atoms with Crippen molar-refractivity contribution >= 4 is 23.6 Å². The molecule has 0 aromatic rings. The summed E-state index contributed by atoms with van der Waals surface area (Å²) in [7, 11) is 3.09. The van der Waals surface area contributed by atoms with Crippen molar-refractivity contribution in [2.75, 3.05) is 26.2 Å². The van der Waals surface area contributed by atoms with E-state index in [1.165, 1.54) is 7.11 Å². The van der Waals surface area contributed by atoms with Gasteiger partial charge in [-0.3, -0.25) is 4.79 Å². The van der Waals surface area contributed by atoms with Crippen molar-refractivity contribution in [2.24, 2.45) is 5.92 Å². The zero-order chi connectivity index (χ0) is 14.8. The number of likely N-dealkylation sites (N-methyl/N-ethyl adjacent to an activating group) is 1. The number of methoxy groups -OCH3 is 1. The smallest absolute Gasteiger partial charge is 0.328 e. The summed E-state index contributed by atoms with van der Waals surface area (Å²) in [6.07, 6.45) is 3.44. The van der Waals surface area contributed by atoms with E-state index in [2.05, 4.69) is 10.6 Å². The van der Waals surface area contributed by atoms with Gasteiger partial charge in [0.05, 0.1) is 13.2 Å². The summed E-state index contributed by atoms with van der Waals surface area (Å²) in [6.45, 7) is 4.05. The molecule has 0 spiro atoms. The molecule has 0 aromatic heterocycles. The Hall–Kier alpha value is -0.750. The highest BCUT2D eigenvalue weighted by atomic mass is 32.2. The first-order valence-corrected chi connectivity index (χ1v) is 7.95. The fourth-order valence-corrected chi connectivity index (χ4v) is 2.27. The highest BCUT2D eigenvalue weighted by Crippen LogP contribution is 2.09. The Labute approximate surface area is 120 Å². The van der Waals surface area contributed by atoms with Crippen LogP contribution < -0.4 is 10.6 Å². The molecule has 0 saturated carbocycles. The lowest BCUT2D eigenvalue weighted by atomic mass is 9.98. The van der Waals surface area contributed by atoms with E-state index in [4.69, 9.17) is 4.74 Å². The van der Waals surface area contributed by atoms with E-state index >= 15 is 0 Å². The second kappa shape index (κ2) is 10.1. The standard InChI is InChI=1S/C13H26N2O3S/c1-6-9(2)11(14-3)12(16)15-10(7-8-19-5)13(17)18-4/h9-11,14H,6-8H2,1-5H3,(H,15,16)/t9-,10-,11-/m0/s1. The SMILES string of the molecule is CC[C@H](C)[C@H](NC)C(=O)N[C@@H](CCSC)C(=O)OC. The van der Waals surface area contributed by atoms with Crippen LogP contribution in [0.1, 0.15) is 26.7 Å². The van der Waals surface area contributed by atoms with Crippen molar-refractivity contribution in [3.8, 4) is 0 Å². The number of hydrogen-bond acceptors (Lipinski definition) is 5. The van der Waals surface area contributed by atoms with Crippen LogP contribution in [0.25, 0.3) is 0 Å². The Morgan fingerprint density at radius 3 is 2.42 bits per heavy atom. The normalized spacial score (nSPS) is 15.4. The number of ether oxygens (including phenoxy) is 1. The second-order valence-electron chi connectivity index (χ2n) is 4.52. The average molecular weight is 290 g/mol. The number of amides is 1. The minimum absolute atomic E-state index is 0.145.